The van der Waals surface area contributed by atoms with Crippen molar-refractivity contribution in [1.29, 1.82) is 0 Å². The number of carboxylic acid groups (broad SMARTS) is 1. The molecule has 0 bridgehead atoms. The molecule has 0 saturated carbocycles. The first-order valence-corrected chi connectivity index (χ1v) is 5.65. The second-order valence-electron chi connectivity index (χ2n) is 3.46. The van der Waals surface area contributed by atoms with Gasteiger partial charge in [-0.1, -0.05) is 30.3 Å². The fourth-order valence-corrected chi connectivity index (χ4v) is 1.36. The molecular formula is C11H13O4P. The maximum Gasteiger partial charge on any atom is 0.347 e. The van der Waals surface area contributed by atoms with Gasteiger partial charge < -0.3 is 9.84 Å². The van der Waals surface area contributed by atoms with Crippen LogP contribution in [0.25, 0.3) is 0 Å². The lowest BCUT2D eigenvalue weighted by Crippen LogP contribution is -2.32. The summed E-state index contributed by atoms with van der Waals surface area (Å²) in [4.78, 5) is 10.8. The summed E-state index contributed by atoms with van der Waals surface area (Å²) < 4.78 is 15.8. The summed E-state index contributed by atoms with van der Waals surface area (Å²) in [5.41, 5.74) is 1.05. The van der Waals surface area contributed by atoms with Gasteiger partial charge in [-0.3, -0.25) is 4.57 Å². The second-order valence-corrected chi connectivity index (χ2v) is 4.50. The van der Waals surface area contributed by atoms with Crippen molar-refractivity contribution in [1.82, 2.24) is 0 Å². The summed E-state index contributed by atoms with van der Waals surface area (Å²) in [6, 6.07) is 9.56. The number of benzene rings is 1. The van der Waals surface area contributed by atoms with E-state index in [1.165, 1.54) is 6.92 Å². The molecule has 4 nitrogen and oxygen atoms in total. The Kier molecular flexibility index (Phi) is 4.59. The van der Waals surface area contributed by atoms with E-state index in [-0.39, 0.29) is 6.61 Å². The first kappa shape index (κ1) is 12.8. The summed E-state index contributed by atoms with van der Waals surface area (Å²) in [7, 11) is -0.539. The minimum atomic E-state index is -1.64. The molecule has 0 spiro atoms. The Morgan fingerprint density at radius 1 is 1.44 bits per heavy atom. The summed E-state index contributed by atoms with van der Waals surface area (Å²) >= 11 is 0. The largest absolute Gasteiger partial charge is 0.479 e. The van der Waals surface area contributed by atoms with Crippen molar-refractivity contribution < 1.29 is 19.2 Å². The highest BCUT2D eigenvalue weighted by atomic mass is 31.1. The summed E-state index contributed by atoms with van der Waals surface area (Å²) in [5, 5.41) is 7.15. The highest BCUT2D eigenvalue weighted by Gasteiger charge is 2.35. The molecule has 0 aromatic heterocycles. The highest BCUT2D eigenvalue weighted by molar-refractivity contribution is 7.27. The number of carboxylic acids is 1. The van der Waals surface area contributed by atoms with Gasteiger partial charge in [0.05, 0.1) is 6.61 Å². The molecule has 1 N–H and O–H groups in total. The maximum atomic E-state index is 10.8. The number of carbonyl (C=O) groups is 1. The summed E-state index contributed by atoms with van der Waals surface area (Å²) in [6.45, 7) is 1.51. The molecule has 1 unspecified atom stereocenters. The van der Waals surface area contributed by atoms with Crippen LogP contribution in [0.2, 0.25) is 0 Å². The zero-order chi connectivity index (χ0) is 12.0. The molecule has 0 fully saturated rings. The monoisotopic (exact) mass is 240 g/mol. The topological polar surface area (TPSA) is 63.6 Å². The second kappa shape index (κ2) is 5.73. The van der Waals surface area contributed by atoms with Gasteiger partial charge in [-0.05, 0) is 18.9 Å². The van der Waals surface area contributed by atoms with Crippen molar-refractivity contribution in [3.05, 3.63) is 35.9 Å². The van der Waals surface area contributed by atoms with Gasteiger partial charge in [0.2, 0.25) is 13.8 Å². The average molecular weight is 240 g/mol. The zero-order valence-corrected chi connectivity index (χ0v) is 9.81. The minimum absolute atomic E-state index is 0.224. The third-order valence-corrected chi connectivity index (χ3v) is 2.86. The molecular weight excluding hydrogens is 227 g/mol. The van der Waals surface area contributed by atoms with Crippen LogP contribution in [-0.2, 0) is 20.5 Å². The molecule has 0 aliphatic carbocycles. The van der Waals surface area contributed by atoms with Gasteiger partial charge >= 0.3 is 5.97 Å². The van der Waals surface area contributed by atoms with Crippen molar-refractivity contribution in [2.24, 2.45) is 0 Å². The predicted molar refractivity (Wildman–Crippen MR) is 59.7 cm³/mol. The molecule has 1 aromatic carbocycles. The molecule has 0 aliphatic rings. The van der Waals surface area contributed by atoms with E-state index in [2.05, 4.69) is 0 Å². The fourth-order valence-electron chi connectivity index (χ4n) is 1.14. The molecule has 1 rings (SSSR count). The van der Waals surface area contributed by atoms with E-state index in [4.69, 9.17) is 9.84 Å². The molecule has 5 heteroatoms. The van der Waals surface area contributed by atoms with Crippen LogP contribution < -0.4 is 0 Å². The Hall–Kier alpha value is -1.25. The third-order valence-electron chi connectivity index (χ3n) is 2.19. The van der Waals surface area contributed by atoms with E-state index >= 15 is 0 Å². The van der Waals surface area contributed by atoms with Gasteiger partial charge in [0.25, 0.3) is 0 Å². The van der Waals surface area contributed by atoms with Crippen LogP contribution in [0.5, 0.6) is 0 Å². The van der Waals surface area contributed by atoms with Gasteiger partial charge in [-0.25, -0.2) is 4.79 Å². The van der Waals surface area contributed by atoms with Crippen molar-refractivity contribution >= 4 is 14.4 Å². The van der Waals surface area contributed by atoms with E-state index < -0.39 is 19.8 Å². The Balaban J connectivity index is 2.46. The van der Waals surface area contributed by atoms with Crippen molar-refractivity contribution in [3.8, 4) is 0 Å². The average Bonchev–Trinajstić information content (AvgIpc) is 2.30. The van der Waals surface area contributed by atoms with Gasteiger partial charge in [0.15, 0.2) is 0 Å². The lowest BCUT2D eigenvalue weighted by Gasteiger charge is -2.17. The quantitative estimate of drug-likeness (QED) is 0.775. The van der Waals surface area contributed by atoms with E-state index in [1.807, 2.05) is 30.3 Å². The molecule has 0 heterocycles. The molecule has 0 aliphatic heterocycles. The lowest BCUT2D eigenvalue weighted by atomic mass is 10.2. The first-order chi connectivity index (χ1) is 7.58. The molecule has 16 heavy (non-hydrogen) atoms. The van der Waals surface area contributed by atoms with Gasteiger partial charge in [0, 0.05) is 0 Å². The molecule has 0 amide bonds. The van der Waals surface area contributed by atoms with Crippen LogP contribution in [0.15, 0.2) is 30.3 Å². The summed E-state index contributed by atoms with van der Waals surface area (Å²) in [5.74, 6) is -1.22. The van der Waals surface area contributed by atoms with E-state index in [0.717, 1.165) is 5.56 Å². The van der Waals surface area contributed by atoms with Gasteiger partial charge in [0.1, 0.15) is 0 Å². The Morgan fingerprint density at radius 2 is 2.06 bits per heavy atom. The van der Waals surface area contributed by atoms with Gasteiger partial charge in [-0.2, -0.15) is 0 Å². The number of rotatable bonds is 6. The Bertz CT molecular complexity index is 366. The lowest BCUT2D eigenvalue weighted by molar-refractivity contribution is -0.153. The molecule has 1 aromatic rings. The normalized spacial score (nSPS) is 14.6. The van der Waals surface area contributed by atoms with E-state index in [9.17, 15) is 9.36 Å². The van der Waals surface area contributed by atoms with E-state index in [0.29, 0.717) is 6.42 Å². The van der Waals surface area contributed by atoms with Gasteiger partial charge in [-0.15, -0.1) is 0 Å². The molecule has 1 atom stereocenters. The van der Waals surface area contributed by atoms with Crippen LogP contribution in [0.4, 0.5) is 0 Å². The number of ether oxygens (including phenoxy) is 1. The Labute approximate surface area is 95.4 Å². The van der Waals surface area contributed by atoms with Crippen molar-refractivity contribution in [2.75, 3.05) is 6.61 Å². The van der Waals surface area contributed by atoms with Crippen LogP contribution >= 0.6 is 8.46 Å². The third kappa shape index (κ3) is 3.40. The molecule has 86 valence electrons. The van der Waals surface area contributed by atoms with Crippen LogP contribution in [0, 0.1) is 0 Å². The maximum absolute atomic E-state index is 10.8. The number of aliphatic carboxylic acids is 1. The standard InChI is InChI=1S/C11H13O4P/c1-11(16-14,10(12)13)15-8-7-9-5-3-2-4-6-9/h2-6H,7-8H2,1H3,(H,12,13). The van der Waals surface area contributed by atoms with Crippen LogP contribution in [-0.4, -0.2) is 23.0 Å². The van der Waals surface area contributed by atoms with Crippen molar-refractivity contribution in [3.63, 3.8) is 0 Å². The van der Waals surface area contributed by atoms with Crippen LogP contribution in [0.3, 0.4) is 0 Å². The number of hydrogen-bond acceptors (Lipinski definition) is 3. The Morgan fingerprint density at radius 3 is 2.56 bits per heavy atom. The first-order valence-electron chi connectivity index (χ1n) is 4.84. The van der Waals surface area contributed by atoms with Crippen LogP contribution in [0.1, 0.15) is 12.5 Å². The molecule has 0 saturated heterocycles. The smallest absolute Gasteiger partial charge is 0.347 e. The SMILES string of the molecule is CC(OCCc1ccccc1)(P=O)C(=O)O. The fraction of sp³-hybridized carbons (Fsp3) is 0.364. The van der Waals surface area contributed by atoms with E-state index in [1.54, 1.807) is 0 Å². The minimum Gasteiger partial charge on any atom is -0.479 e. The highest BCUT2D eigenvalue weighted by Crippen LogP contribution is 2.24. The predicted octanol–water partition coefficient (Wildman–Crippen LogP) is 2.34. The van der Waals surface area contributed by atoms with Crippen molar-refractivity contribution in [2.45, 2.75) is 18.7 Å². The number of hydrogen-bond donors (Lipinski definition) is 1. The molecule has 0 radical (unpaired) electrons. The zero-order valence-electron chi connectivity index (χ0n) is 8.92. The summed E-state index contributed by atoms with van der Waals surface area (Å²) in [6.07, 6.45) is 0.596.